The molecular formula is C11H13ClN2O2S. The first-order valence-corrected chi connectivity index (χ1v) is 6.71. The molecule has 0 aliphatic carbocycles. The molecule has 2 heterocycles. The molecule has 0 aromatic carbocycles. The first kappa shape index (κ1) is 12.4. The van der Waals surface area contributed by atoms with Crippen molar-refractivity contribution in [1.82, 2.24) is 5.32 Å². The predicted molar refractivity (Wildman–Crippen MR) is 68.5 cm³/mol. The quantitative estimate of drug-likeness (QED) is 0.806. The van der Waals surface area contributed by atoms with Gasteiger partial charge in [0, 0.05) is 4.88 Å². The van der Waals surface area contributed by atoms with Gasteiger partial charge in [0.15, 0.2) is 0 Å². The van der Waals surface area contributed by atoms with E-state index < -0.39 is 11.4 Å². The van der Waals surface area contributed by atoms with E-state index in [9.17, 15) is 9.59 Å². The summed E-state index contributed by atoms with van der Waals surface area (Å²) in [5.74, 6) is -0.482. The van der Waals surface area contributed by atoms with Gasteiger partial charge in [0.2, 0.25) is 11.8 Å². The Morgan fingerprint density at radius 2 is 2.47 bits per heavy atom. The molecule has 2 rings (SSSR count). The molecule has 6 heteroatoms. The number of rotatable bonds is 2. The second kappa shape index (κ2) is 5.06. The molecular weight excluding hydrogens is 260 g/mol. The smallest absolute Gasteiger partial charge is 0.246 e. The van der Waals surface area contributed by atoms with Crippen LogP contribution in [0.4, 0.5) is 5.69 Å². The molecule has 1 aliphatic heterocycles. The number of halogens is 1. The summed E-state index contributed by atoms with van der Waals surface area (Å²) in [6, 6.07) is 1.38. The topological polar surface area (TPSA) is 58.2 Å². The van der Waals surface area contributed by atoms with Gasteiger partial charge in [-0.2, -0.15) is 0 Å². The van der Waals surface area contributed by atoms with Gasteiger partial charge in [0.1, 0.15) is 11.4 Å². The van der Waals surface area contributed by atoms with Gasteiger partial charge < -0.3 is 10.6 Å². The van der Waals surface area contributed by atoms with Gasteiger partial charge in [-0.15, -0.1) is 22.9 Å². The van der Waals surface area contributed by atoms with Crippen LogP contribution in [0.15, 0.2) is 11.4 Å². The van der Waals surface area contributed by atoms with Crippen LogP contribution in [-0.4, -0.2) is 23.2 Å². The third kappa shape index (κ3) is 2.79. The minimum atomic E-state index is -0.625. The summed E-state index contributed by atoms with van der Waals surface area (Å²) in [7, 11) is 0. The fourth-order valence-electron chi connectivity index (χ4n) is 1.70. The Kier molecular flexibility index (Phi) is 3.69. The van der Waals surface area contributed by atoms with Crippen LogP contribution >= 0.6 is 22.9 Å². The predicted octanol–water partition coefficient (Wildman–Crippen LogP) is 1.74. The highest BCUT2D eigenvalue weighted by atomic mass is 35.5. The lowest BCUT2D eigenvalue weighted by molar-refractivity contribution is -0.126. The molecule has 2 N–H and O–H groups in total. The third-order valence-corrected chi connectivity index (χ3v) is 3.84. The number of fused-ring (bicyclic) bond motifs is 1. The molecule has 2 unspecified atom stereocenters. The van der Waals surface area contributed by atoms with Crippen molar-refractivity contribution in [2.75, 3.05) is 5.32 Å². The van der Waals surface area contributed by atoms with Crippen LogP contribution in [0.3, 0.4) is 0 Å². The first-order valence-electron chi connectivity index (χ1n) is 5.39. The number of hydrogen-bond acceptors (Lipinski definition) is 3. The molecule has 0 saturated heterocycles. The van der Waals surface area contributed by atoms with Crippen LogP contribution in [0.2, 0.25) is 0 Å². The van der Waals surface area contributed by atoms with Gasteiger partial charge in [-0.3, -0.25) is 9.59 Å². The van der Waals surface area contributed by atoms with Crippen LogP contribution in [-0.2, 0) is 16.0 Å². The van der Waals surface area contributed by atoms with Gasteiger partial charge in [-0.05, 0) is 31.2 Å². The van der Waals surface area contributed by atoms with Gasteiger partial charge >= 0.3 is 0 Å². The van der Waals surface area contributed by atoms with Gasteiger partial charge in [0.25, 0.3) is 0 Å². The number of hydrogen-bond donors (Lipinski definition) is 2. The highest BCUT2D eigenvalue weighted by Crippen LogP contribution is 2.27. The third-order valence-electron chi connectivity index (χ3n) is 2.66. The summed E-state index contributed by atoms with van der Waals surface area (Å²) in [6.45, 7) is 1.59. The van der Waals surface area contributed by atoms with Crippen LogP contribution < -0.4 is 10.6 Å². The number of thiophene rings is 1. The molecule has 1 aliphatic rings. The van der Waals surface area contributed by atoms with E-state index in [-0.39, 0.29) is 11.8 Å². The van der Waals surface area contributed by atoms with Crippen LogP contribution in [0.5, 0.6) is 0 Å². The van der Waals surface area contributed by atoms with E-state index in [2.05, 4.69) is 10.6 Å². The molecule has 0 bridgehead atoms. The van der Waals surface area contributed by atoms with Crippen molar-refractivity contribution >= 4 is 40.4 Å². The van der Waals surface area contributed by atoms with E-state index in [1.807, 2.05) is 11.4 Å². The summed E-state index contributed by atoms with van der Waals surface area (Å²) >= 11 is 7.28. The molecule has 4 nitrogen and oxygen atoms in total. The van der Waals surface area contributed by atoms with Crippen molar-refractivity contribution in [3.8, 4) is 0 Å². The van der Waals surface area contributed by atoms with Gasteiger partial charge in [0.05, 0.1) is 5.69 Å². The summed E-state index contributed by atoms with van der Waals surface area (Å²) in [5, 5.41) is 6.79. The number of anilines is 1. The number of carbonyl (C=O) groups excluding carboxylic acids is 2. The maximum Gasteiger partial charge on any atom is 0.246 e. The SMILES string of the molecule is CC(Cl)C(=O)NC1CCc2sccc2NC1=O. The molecule has 17 heavy (non-hydrogen) atoms. The standard InChI is InChI=1S/C11H13ClN2O2S/c1-6(12)10(15)14-8-2-3-9-7(4-5-17-9)13-11(8)16/h4-6,8H,2-3H2,1H3,(H,13,16)(H,14,15). The van der Waals surface area contributed by atoms with Crippen molar-refractivity contribution < 1.29 is 9.59 Å². The number of alkyl halides is 1. The second-order valence-electron chi connectivity index (χ2n) is 3.96. The molecule has 0 spiro atoms. The molecule has 1 aromatic rings. The Morgan fingerprint density at radius 3 is 3.18 bits per heavy atom. The van der Waals surface area contributed by atoms with Crippen LogP contribution in [0, 0.1) is 0 Å². The van der Waals surface area contributed by atoms with Crippen molar-refractivity contribution in [2.45, 2.75) is 31.2 Å². The molecule has 1 aromatic heterocycles. The normalized spacial score (nSPS) is 21.1. The largest absolute Gasteiger partial charge is 0.343 e. The maximum absolute atomic E-state index is 11.9. The maximum atomic E-state index is 11.9. The molecule has 0 radical (unpaired) electrons. The van der Waals surface area contributed by atoms with E-state index in [1.54, 1.807) is 18.3 Å². The molecule has 92 valence electrons. The highest BCUT2D eigenvalue weighted by molar-refractivity contribution is 7.10. The van der Waals surface area contributed by atoms with E-state index in [1.165, 1.54) is 0 Å². The lowest BCUT2D eigenvalue weighted by atomic mass is 10.1. The Balaban J connectivity index is 2.05. The molecule has 0 saturated carbocycles. The zero-order chi connectivity index (χ0) is 12.4. The average molecular weight is 273 g/mol. The van der Waals surface area contributed by atoms with Crippen LogP contribution in [0.25, 0.3) is 0 Å². The number of nitrogens with one attached hydrogen (secondary N) is 2. The number of carbonyl (C=O) groups is 2. The van der Waals surface area contributed by atoms with Crippen molar-refractivity contribution in [1.29, 1.82) is 0 Å². The van der Waals surface area contributed by atoms with Crippen molar-refractivity contribution in [3.63, 3.8) is 0 Å². The summed E-state index contributed by atoms with van der Waals surface area (Å²) < 4.78 is 0. The summed E-state index contributed by atoms with van der Waals surface area (Å²) in [5.41, 5.74) is 0.857. The molecule has 2 atom stereocenters. The zero-order valence-corrected chi connectivity index (χ0v) is 10.9. The van der Waals surface area contributed by atoms with E-state index in [0.29, 0.717) is 6.42 Å². The van der Waals surface area contributed by atoms with Crippen molar-refractivity contribution in [3.05, 3.63) is 16.3 Å². The Bertz CT molecular complexity index is 444. The lowest BCUT2D eigenvalue weighted by Gasteiger charge is -2.15. The fraction of sp³-hybridized carbons (Fsp3) is 0.455. The monoisotopic (exact) mass is 272 g/mol. The number of aryl methyl sites for hydroxylation is 1. The highest BCUT2D eigenvalue weighted by Gasteiger charge is 2.26. The van der Waals surface area contributed by atoms with E-state index in [4.69, 9.17) is 11.6 Å². The summed E-state index contributed by atoms with van der Waals surface area (Å²) in [6.07, 6.45) is 1.39. The zero-order valence-electron chi connectivity index (χ0n) is 9.33. The van der Waals surface area contributed by atoms with Crippen LogP contribution in [0.1, 0.15) is 18.2 Å². The summed E-state index contributed by atoms with van der Waals surface area (Å²) in [4.78, 5) is 24.5. The molecule has 2 amide bonds. The Hall–Kier alpha value is -1.07. The lowest BCUT2D eigenvalue weighted by Crippen LogP contribution is -2.45. The minimum Gasteiger partial charge on any atom is -0.343 e. The molecule has 0 fully saturated rings. The van der Waals surface area contributed by atoms with Gasteiger partial charge in [-0.25, -0.2) is 0 Å². The van der Waals surface area contributed by atoms with Crippen molar-refractivity contribution in [2.24, 2.45) is 0 Å². The van der Waals surface area contributed by atoms with Gasteiger partial charge in [-0.1, -0.05) is 0 Å². The Labute approximate surface area is 108 Å². The fourth-order valence-corrected chi connectivity index (χ4v) is 2.61. The Morgan fingerprint density at radius 1 is 1.71 bits per heavy atom. The second-order valence-corrected chi connectivity index (χ2v) is 5.62. The number of amides is 2. The average Bonchev–Trinajstić information content (AvgIpc) is 2.65. The first-order chi connectivity index (χ1) is 8.08. The minimum absolute atomic E-state index is 0.173. The van der Waals surface area contributed by atoms with E-state index >= 15 is 0 Å². The van der Waals surface area contributed by atoms with E-state index in [0.717, 1.165) is 17.0 Å².